The second kappa shape index (κ2) is 7.89. The summed E-state index contributed by atoms with van der Waals surface area (Å²) in [6, 6.07) is 6.45. The fourth-order valence-corrected chi connectivity index (χ4v) is 1.80. The Kier molecular flexibility index (Phi) is 6.50. The van der Waals surface area contributed by atoms with Crippen molar-refractivity contribution in [2.75, 3.05) is 13.7 Å². The Hall–Kier alpha value is -1.42. The highest BCUT2D eigenvalue weighted by molar-refractivity contribution is 5.76. The Morgan fingerprint density at radius 1 is 1.32 bits per heavy atom. The van der Waals surface area contributed by atoms with E-state index in [0.29, 0.717) is 25.4 Å². The van der Waals surface area contributed by atoms with Gasteiger partial charge in [0, 0.05) is 19.6 Å². The lowest BCUT2D eigenvalue weighted by molar-refractivity contribution is -0.122. The van der Waals surface area contributed by atoms with Crippen LogP contribution in [0.4, 0.5) is 4.39 Å². The summed E-state index contributed by atoms with van der Waals surface area (Å²) in [7, 11) is 1.58. The molecule has 0 spiro atoms. The highest BCUT2D eigenvalue weighted by atomic mass is 19.1. The quantitative estimate of drug-likeness (QED) is 0.824. The van der Waals surface area contributed by atoms with Crippen molar-refractivity contribution in [3.05, 3.63) is 35.6 Å². The average molecular weight is 267 g/mol. The number of ether oxygens (including phenoxy) is 1. The van der Waals surface area contributed by atoms with Crippen molar-refractivity contribution < 1.29 is 13.9 Å². The highest BCUT2D eigenvalue weighted by Gasteiger charge is 2.16. The molecule has 0 aliphatic carbocycles. The molecule has 0 unspecified atom stereocenters. The van der Waals surface area contributed by atoms with Gasteiger partial charge in [0.25, 0.3) is 0 Å². The topological polar surface area (TPSA) is 38.3 Å². The Morgan fingerprint density at radius 3 is 2.47 bits per heavy atom. The molecule has 0 heterocycles. The lowest BCUT2D eigenvalue weighted by atomic mass is 9.96. The first kappa shape index (κ1) is 15.6. The van der Waals surface area contributed by atoms with Gasteiger partial charge < -0.3 is 10.1 Å². The molecular weight excluding hydrogens is 245 g/mol. The Bertz CT molecular complexity index is 390. The van der Waals surface area contributed by atoms with Crippen LogP contribution in [0.15, 0.2) is 24.3 Å². The van der Waals surface area contributed by atoms with E-state index in [4.69, 9.17) is 4.74 Å². The number of benzene rings is 1. The van der Waals surface area contributed by atoms with Crippen LogP contribution in [0.25, 0.3) is 0 Å². The molecule has 1 atom stereocenters. The van der Waals surface area contributed by atoms with Gasteiger partial charge in [-0.05, 0) is 30.0 Å². The first-order chi connectivity index (χ1) is 9.02. The standard InChI is InChI=1S/C15H22FNO2/c1-11(2)14(17-15(18)8-9-19-3)10-12-4-6-13(16)7-5-12/h4-7,11,14H,8-10H2,1-3H3,(H,17,18)/t14-/m0/s1. The fraction of sp³-hybridized carbons (Fsp3) is 0.533. The lowest BCUT2D eigenvalue weighted by Crippen LogP contribution is -2.40. The Labute approximate surface area is 114 Å². The third-order valence-electron chi connectivity index (χ3n) is 3.05. The van der Waals surface area contributed by atoms with Crippen LogP contribution in [0.3, 0.4) is 0 Å². The number of halogens is 1. The van der Waals surface area contributed by atoms with Gasteiger partial charge in [0.05, 0.1) is 6.61 Å². The highest BCUT2D eigenvalue weighted by Crippen LogP contribution is 2.11. The molecule has 0 saturated heterocycles. The predicted molar refractivity (Wildman–Crippen MR) is 73.4 cm³/mol. The molecular formula is C15H22FNO2. The van der Waals surface area contributed by atoms with Crippen molar-refractivity contribution in [2.45, 2.75) is 32.7 Å². The van der Waals surface area contributed by atoms with Crippen molar-refractivity contribution in [3.8, 4) is 0 Å². The zero-order valence-electron chi connectivity index (χ0n) is 11.8. The van der Waals surface area contributed by atoms with E-state index in [0.717, 1.165) is 5.56 Å². The zero-order chi connectivity index (χ0) is 14.3. The molecule has 0 aliphatic heterocycles. The molecule has 1 aromatic rings. The van der Waals surface area contributed by atoms with Crippen LogP contribution in [-0.4, -0.2) is 25.7 Å². The minimum absolute atomic E-state index is 0.0114. The molecule has 1 aromatic carbocycles. The zero-order valence-corrected chi connectivity index (χ0v) is 11.8. The summed E-state index contributed by atoms with van der Waals surface area (Å²) in [5, 5.41) is 3.00. The SMILES string of the molecule is COCCC(=O)N[C@@H](Cc1ccc(F)cc1)C(C)C. The molecule has 0 saturated carbocycles. The normalized spacial score (nSPS) is 12.5. The van der Waals surface area contributed by atoms with Crippen molar-refractivity contribution in [2.24, 2.45) is 5.92 Å². The van der Waals surface area contributed by atoms with Gasteiger partial charge in [-0.25, -0.2) is 4.39 Å². The van der Waals surface area contributed by atoms with E-state index in [1.54, 1.807) is 19.2 Å². The summed E-state index contributed by atoms with van der Waals surface area (Å²) in [6.45, 7) is 4.54. The summed E-state index contributed by atoms with van der Waals surface area (Å²) in [5.74, 6) is 0.0631. The van der Waals surface area contributed by atoms with Gasteiger partial charge in [-0.3, -0.25) is 4.79 Å². The number of carbonyl (C=O) groups is 1. The Morgan fingerprint density at radius 2 is 1.95 bits per heavy atom. The molecule has 0 radical (unpaired) electrons. The van der Waals surface area contributed by atoms with Gasteiger partial charge in [0.1, 0.15) is 5.82 Å². The smallest absolute Gasteiger partial charge is 0.222 e. The number of amides is 1. The molecule has 1 rings (SSSR count). The third-order valence-corrected chi connectivity index (χ3v) is 3.05. The lowest BCUT2D eigenvalue weighted by Gasteiger charge is -2.22. The van der Waals surface area contributed by atoms with Crippen LogP contribution in [0.5, 0.6) is 0 Å². The first-order valence-corrected chi connectivity index (χ1v) is 6.55. The number of hydrogen-bond acceptors (Lipinski definition) is 2. The van der Waals surface area contributed by atoms with Crippen molar-refractivity contribution in [1.82, 2.24) is 5.32 Å². The molecule has 19 heavy (non-hydrogen) atoms. The molecule has 0 fully saturated rings. The fourth-order valence-electron chi connectivity index (χ4n) is 1.80. The van der Waals surface area contributed by atoms with Crippen molar-refractivity contribution in [1.29, 1.82) is 0 Å². The molecule has 1 amide bonds. The van der Waals surface area contributed by atoms with Gasteiger partial charge >= 0.3 is 0 Å². The van der Waals surface area contributed by atoms with Crippen molar-refractivity contribution in [3.63, 3.8) is 0 Å². The number of rotatable bonds is 7. The first-order valence-electron chi connectivity index (χ1n) is 6.55. The van der Waals surface area contributed by atoms with Crippen LogP contribution in [0.1, 0.15) is 25.8 Å². The van der Waals surface area contributed by atoms with Crippen LogP contribution >= 0.6 is 0 Å². The van der Waals surface area contributed by atoms with E-state index in [9.17, 15) is 9.18 Å². The van der Waals surface area contributed by atoms with Gasteiger partial charge in [-0.2, -0.15) is 0 Å². The number of methoxy groups -OCH3 is 1. The molecule has 4 heteroatoms. The van der Waals surface area contributed by atoms with E-state index in [1.165, 1.54) is 12.1 Å². The number of carbonyl (C=O) groups excluding carboxylic acids is 1. The second-order valence-electron chi connectivity index (χ2n) is 4.99. The van der Waals surface area contributed by atoms with Crippen molar-refractivity contribution >= 4 is 5.91 Å². The summed E-state index contributed by atoms with van der Waals surface area (Å²) in [5.41, 5.74) is 1.02. The number of nitrogens with one attached hydrogen (secondary N) is 1. The number of hydrogen-bond donors (Lipinski definition) is 1. The maximum atomic E-state index is 12.8. The summed E-state index contributed by atoms with van der Waals surface area (Å²) in [4.78, 5) is 11.7. The maximum Gasteiger partial charge on any atom is 0.222 e. The molecule has 3 nitrogen and oxygen atoms in total. The molecule has 106 valence electrons. The van der Waals surface area contributed by atoms with Gasteiger partial charge in [0.15, 0.2) is 0 Å². The van der Waals surface area contributed by atoms with E-state index in [2.05, 4.69) is 19.2 Å². The monoisotopic (exact) mass is 267 g/mol. The van der Waals surface area contributed by atoms with Crippen LogP contribution in [0, 0.1) is 11.7 Å². The summed E-state index contributed by atoms with van der Waals surface area (Å²) < 4.78 is 17.7. The molecule has 0 aliphatic rings. The summed E-state index contributed by atoms with van der Waals surface area (Å²) in [6.07, 6.45) is 1.07. The van der Waals surface area contributed by atoms with E-state index >= 15 is 0 Å². The molecule has 0 aromatic heterocycles. The van der Waals surface area contributed by atoms with Gasteiger partial charge in [-0.15, -0.1) is 0 Å². The molecule has 0 bridgehead atoms. The Balaban J connectivity index is 2.57. The van der Waals surface area contributed by atoms with Crippen LogP contribution < -0.4 is 5.32 Å². The van der Waals surface area contributed by atoms with Gasteiger partial charge in [-0.1, -0.05) is 26.0 Å². The largest absolute Gasteiger partial charge is 0.384 e. The molecule has 1 N–H and O–H groups in total. The van der Waals surface area contributed by atoms with E-state index in [-0.39, 0.29) is 17.8 Å². The van der Waals surface area contributed by atoms with Crippen LogP contribution in [-0.2, 0) is 16.0 Å². The van der Waals surface area contributed by atoms with E-state index in [1.807, 2.05) is 0 Å². The summed E-state index contributed by atoms with van der Waals surface area (Å²) >= 11 is 0. The maximum absolute atomic E-state index is 12.8. The van der Waals surface area contributed by atoms with E-state index < -0.39 is 0 Å². The average Bonchev–Trinajstić information content (AvgIpc) is 2.38. The third kappa shape index (κ3) is 5.83. The second-order valence-corrected chi connectivity index (χ2v) is 4.99. The minimum Gasteiger partial charge on any atom is -0.384 e. The van der Waals surface area contributed by atoms with Gasteiger partial charge in [0.2, 0.25) is 5.91 Å². The predicted octanol–water partition coefficient (Wildman–Crippen LogP) is 2.55. The minimum atomic E-state index is -0.242. The van der Waals surface area contributed by atoms with Crippen LogP contribution in [0.2, 0.25) is 0 Å².